The molecule has 7 heteroatoms. The summed E-state index contributed by atoms with van der Waals surface area (Å²) in [5, 5.41) is 11.9. The van der Waals surface area contributed by atoms with E-state index in [-0.39, 0.29) is 6.42 Å². The van der Waals surface area contributed by atoms with Crippen molar-refractivity contribution in [1.29, 1.82) is 0 Å². The first kappa shape index (κ1) is 15.9. The van der Waals surface area contributed by atoms with E-state index in [0.717, 1.165) is 16.5 Å². The number of hydrogen-bond donors (Lipinski definition) is 3. The fourth-order valence-corrected chi connectivity index (χ4v) is 2.18. The van der Waals surface area contributed by atoms with Crippen LogP contribution in [0.1, 0.15) is 18.4 Å². The van der Waals surface area contributed by atoms with Gasteiger partial charge in [0.1, 0.15) is 6.04 Å². The van der Waals surface area contributed by atoms with Crippen molar-refractivity contribution in [2.24, 2.45) is 0 Å². The van der Waals surface area contributed by atoms with Gasteiger partial charge in [0.15, 0.2) is 0 Å². The van der Waals surface area contributed by atoms with Crippen LogP contribution in [0.15, 0.2) is 30.5 Å². The maximum Gasteiger partial charge on any atom is 0.326 e. The van der Waals surface area contributed by atoms with Crippen LogP contribution in [0.4, 0.5) is 8.78 Å². The van der Waals surface area contributed by atoms with Crippen molar-refractivity contribution in [3.8, 4) is 0 Å². The highest BCUT2D eigenvalue weighted by Gasteiger charge is 2.23. The summed E-state index contributed by atoms with van der Waals surface area (Å²) in [4.78, 5) is 25.6. The number of nitrogens with one attached hydrogen (secondary N) is 2. The van der Waals surface area contributed by atoms with Crippen LogP contribution in [0.2, 0.25) is 0 Å². The lowest BCUT2D eigenvalue weighted by Crippen LogP contribution is -2.42. The van der Waals surface area contributed by atoms with Crippen molar-refractivity contribution in [2.45, 2.75) is 31.7 Å². The summed E-state index contributed by atoms with van der Waals surface area (Å²) in [5.74, 6) is -2.01. The van der Waals surface area contributed by atoms with Gasteiger partial charge in [-0.1, -0.05) is 6.07 Å². The molecule has 1 aromatic carbocycles. The molecule has 0 aliphatic rings. The molecule has 0 aliphatic carbocycles. The summed E-state index contributed by atoms with van der Waals surface area (Å²) in [6, 6.07) is 6.02. The molecular weight excluding hydrogens is 294 g/mol. The van der Waals surface area contributed by atoms with Crippen molar-refractivity contribution in [3.63, 3.8) is 0 Å². The molecule has 0 fully saturated rings. The normalized spacial score (nSPS) is 12.5. The van der Waals surface area contributed by atoms with Crippen LogP contribution >= 0.6 is 0 Å². The molecule has 1 atom stereocenters. The lowest BCUT2D eigenvalue weighted by atomic mass is 10.1. The molecule has 0 saturated carbocycles. The van der Waals surface area contributed by atoms with Gasteiger partial charge in [0.2, 0.25) is 12.3 Å². The minimum absolute atomic E-state index is 0.0446. The summed E-state index contributed by atoms with van der Waals surface area (Å²) in [6.07, 6.45) is -1.41. The number of carboxylic acids is 1. The SMILES string of the molecule is O=C(CCc1ccc2[nH]ccc2c1)NC(CC(F)F)C(=O)O. The van der Waals surface area contributed by atoms with Gasteiger partial charge >= 0.3 is 5.97 Å². The number of hydrogen-bond acceptors (Lipinski definition) is 2. The lowest BCUT2D eigenvalue weighted by molar-refractivity contribution is -0.143. The number of rotatable bonds is 7. The molecule has 0 radical (unpaired) electrons. The zero-order chi connectivity index (χ0) is 16.1. The molecule has 5 nitrogen and oxygen atoms in total. The Kier molecular flexibility index (Phi) is 5.08. The molecule has 22 heavy (non-hydrogen) atoms. The van der Waals surface area contributed by atoms with Crippen LogP contribution in [0.3, 0.4) is 0 Å². The van der Waals surface area contributed by atoms with E-state index in [0.29, 0.717) is 6.42 Å². The zero-order valence-corrected chi connectivity index (χ0v) is 11.7. The van der Waals surface area contributed by atoms with Gasteiger partial charge in [-0.05, 0) is 35.6 Å². The predicted molar refractivity (Wildman–Crippen MR) is 76.8 cm³/mol. The first-order valence-electron chi connectivity index (χ1n) is 6.82. The molecule has 1 amide bonds. The minimum Gasteiger partial charge on any atom is -0.480 e. The van der Waals surface area contributed by atoms with Gasteiger partial charge in [-0.25, -0.2) is 13.6 Å². The third-order valence-corrected chi connectivity index (χ3v) is 3.31. The number of halogens is 2. The Morgan fingerprint density at radius 2 is 2.05 bits per heavy atom. The van der Waals surface area contributed by atoms with E-state index in [1.54, 1.807) is 0 Å². The Morgan fingerprint density at radius 3 is 2.73 bits per heavy atom. The first-order chi connectivity index (χ1) is 10.5. The molecule has 0 bridgehead atoms. The van der Waals surface area contributed by atoms with E-state index in [1.807, 2.05) is 30.5 Å². The maximum absolute atomic E-state index is 12.2. The number of aromatic amines is 1. The van der Waals surface area contributed by atoms with Crippen molar-refractivity contribution >= 4 is 22.8 Å². The van der Waals surface area contributed by atoms with Gasteiger partial charge in [0, 0.05) is 24.6 Å². The summed E-state index contributed by atoms with van der Waals surface area (Å²) in [7, 11) is 0. The van der Waals surface area contributed by atoms with E-state index in [2.05, 4.69) is 10.3 Å². The smallest absolute Gasteiger partial charge is 0.326 e. The molecule has 2 aromatic rings. The first-order valence-corrected chi connectivity index (χ1v) is 6.82. The number of aryl methyl sites for hydroxylation is 1. The maximum atomic E-state index is 12.2. The number of carboxylic acid groups (broad SMARTS) is 1. The van der Waals surface area contributed by atoms with E-state index in [9.17, 15) is 18.4 Å². The number of aliphatic carboxylic acids is 1. The predicted octanol–water partition coefficient (Wildman–Crippen LogP) is 2.33. The molecule has 118 valence electrons. The molecule has 3 N–H and O–H groups in total. The van der Waals surface area contributed by atoms with Gasteiger partial charge in [0.25, 0.3) is 0 Å². The third-order valence-electron chi connectivity index (χ3n) is 3.31. The second-order valence-electron chi connectivity index (χ2n) is 4.98. The number of alkyl halides is 2. The number of benzene rings is 1. The van der Waals surface area contributed by atoms with Crippen molar-refractivity contribution < 1.29 is 23.5 Å². The number of carbonyl (C=O) groups excluding carboxylic acids is 1. The molecule has 0 saturated heterocycles. The summed E-state index contributed by atoms with van der Waals surface area (Å²) >= 11 is 0. The monoisotopic (exact) mass is 310 g/mol. The molecule has 0 aliphatic heterocycles. The van der Waals surface area contributed by atoms with Crippen molar-refractivity contribution in [1.82, 2.24) is 10.3 Å². The molecule has 1 heterocycles. The largest absolute Gasteiger partial charge is 0.480 e. The quantitative estimate of drug-likeness (QED) is 0.734. The highest BCUT2D eigenvalue weighted by molar-refractivity contribution is 5.84. The standard InChI is InChI=1S/C15H16F2N2O3/c16-13(17)8-12(15(21)22)19-14(20)4-2-9-1-3-11-10(7-9)5-6-18-11/h1,3,5-7,12-13,18H,2,4,8H2,(H,19,20)(H,21,22). The number of amides is 1. The van der Waals surface area contributed by atoms with Crippen LogP contribution < -0.4 is 5.32 Å². The second-order valence-corrected chi connectivity index (χ2v) is 4.98. The number of H-pyrrole nitrogens is 1. The van der Waals surface area contributed by atoms with Crippen LogP contribution in [0.5, 0.6) is 0 Å². The van der Waals surface area contributed by atoms with Crippen LogP contribution in [0, 0.1) is 0 Å². The zero-order valence-electron chi connectivity index (χ0n) is 11.7. The van der Waals surface area contributed by atoms with Crippen LogP contribution in [-0.4, -0.2) is 34.4 Å². The van der Waals surface area contributed by atoms with Gasteiger partial charge in [-0.15, -0.1) is 0 Å². The molecule has 1 unspecified atom stereocenters. The molecule has 1 aromatic heterocycles. The van der Waals surface area contributed by atoms with Crippen molar-refractivity contribution in [2.75, 3.05) is 0 Å². The Morgan fingerprint density at radius 1 is 1.27 bits per heavy atom. The summed E-state index contributed by atoms with van der Waals surface area (Å²) in [6.45, 7) is 0. The number of fused-ring (bicyclic) bond motifs is 1. The highest BCUT2D eigenvalue weighted by atomic mass is 19.3. The highest BCUT2D eigenvalue weighted by Crippen LogP contribution is 2.15. The third kappa shape index (κ3) is 4.28. The molecular formula is C15H16F2N2O3. The van der Waals surface area contributed by atoms with Gasteiger partial charge in [-0.2, -0.15) is 0 Å². The van der Waals surface area contributed by atoms with Crippen molar-refractivity contribution in [3.05, 3.63) is 36.0 Å². The fraction of sp³-hybridized carbons (Fsp3) is 0.333. The van der Waals surface area contributed by atoms with E-state index in [4.69, 9.17) is 5.11 Å². The molecule has 0 spiro atoms. The van der Waals surface area contributed by atoms with Gasteiger partial charge in [0.05, 0.1) is 0 Å². The summed E-state index contributed by atoms with van der Waals surface area (Å²) < 4.78 is 24.5. The average molecular weight is 310 g/mol. The van der Waals surface area contributed by atoms with Crippen LogP contribution in [0.25, 0.3) is 10.9 Å². The number of aromatic nitrogens is 1. The van der Waals surface area contributed by atoms with E-state index >= 15 is 0 Å². The van der Waals surface area contributed by atoms with Crippen LogP contribution in [-0.2, 0) is 16.0 Å². The minimum atomic E-state index is -2.78. The Hall–Kier alpha value is -2.44. The average Bonchev–Trinajstić information content (AvgIpc) is 2.91. The molecule has 2 rings (SSSR count). The van der Waals surface area contributed by atoms with E-state index in [1.165, 1.54) is 0 Å². The second kappa shape index (κ2) is 7.02. The Labute approximate surface area is 125 Å². The Balaban J connectivity index is 1.89. The Bertz CT molecular complexity index is 670. The number of carbonyl (C=O) groups is 2. The van der Waals surface area contributed by atoms with Gasteiger partial charge < -0.3 is 15.4 Å². The van der Waals surface area contributed by atoms with E-state index < -0.39 is 30.8 Å². The summed E-state index contributed by atoms with van der Waals surface area (Å²) in [5.41, 5.74) is 1.90. The van der Waals surface area contributed by atoms with Gasteiger partial charge in [-0.3, -0.25) is 4.79 Å². The fourth-order valence-electron chi connectivity index (χ4n) is 2.18. The lowest BCUT2D eigenvalue weighted by Gasteiger charge is -2.13. The topological polar surface area (TPSA) is 82.2 Å².